The molecular weight excluding hydrogens is 178 g/mol. The molecule has 0 aliphatic carbocycles. The van der Waals surface area contributed by atoms with Crippen molar-refractivity contribution < 1.29 is 9.21 Å². The Morgan fingerprint density at radius 3 is 2.57 bits per heavy atom. The molecule has 0 spiro atoms. The number of carbonyl (C=O) groups is 1. The summed E-state index contributed by atoms with van der Waals surface area (Å²) in [5.74, 6) is -0.112. The first kappa shape index (κ1) is 8.69. The largest absolute Gasteiger partial charge is 0.451 e. The van der Waals surface area contributed by atoms with Crippen LogP contribution in [0.15, 0.2) is 41.3 Å². The van der Waals surface area contributed by atoms with Crippen LogP contribution >= 0.6 is 0 Å². The van der Waals surface area contributed by atoms with E-state index >= 15 is 0 Å². The second kappa shape index (κ2) is 3.46. The van der Waals surface area contributed by atoms with Crippen LogP contribution in [0.5, 0.6) is 0 Å². The van der Waals surface area contributed by atoms with Gasteiger partial charge >= 0.3 is 0 Å². The summed E-state index contributed by atoms with van der Waals surface area (Å²) in [6.07, 6.45) is 2.60. The zero-order valence-electron chi connectivity index (χ0n) is 7.73. The number of hydrogen-bond donors (Lipinski definition) is 0. The standard InChI is InChI=1S/C11H9NO2/c1-8-2-4-9(5-3-8)11(13)10-6-14-7-12-10/h2-7H,1H3. The summed E-state index contributed by atoms with van der Waals surface area (Å²) >= 11 is 0. The molecule has 70 valence electrons. The van der Waals surface area contributed by atoms with Gasteiger partial charge in [-0.15, -0.1) is 0 Å². The molecule has 0 saturated heterocycles. The van der Waals surface area contributed by atoms with Crippen molar-refractivity contribution in [3.8, 4) is 0 Å². The van der Waals surface area contributed by atoms with E-state index in [2.05, 4.69) is 4.98 Å². The number of hydrogen-bond acceptors (Lipinski definition) is 3. The molecule has 14 heavy (non-hydrogen) atoms. The summed E-state index contributed by atoms with van der Waals surface area (Å²) in [6.45, 7) is 1.98. The highest BCUT2D eigenvalue weighted by Crippen LogP contribution is 2.08. The molecule has 0 radical (unpaired) electrons. The minimum Gasteiger partial charge on any atom is -0.451 e. The Morgan fingerprint density at radius 2 is 2.00 bits per heavy atom. The minimum atomic E-state index is -0.112. The van der Waals surface area contributed by atoms with Crippen LogP contribution in [0.1, 0.15) is 21.6 Å². The molecule has 0 amide bonds. The molecule has 1 heterocycles. The second-order valence-corrected chi connectivity index (χ2v) is 3.07. The van der Waals surface area contributed by atoms with Crippen molar-refractivity contribution in [2.75, 3.05) is 0 Å². The molecule has 0 aliphatic rings. The molecular formula is C11H9NO2. The third kappa shape index (κ3) is 1.57. The Morgan fingerprint density at radius 1 is 1.29 bits per heavy atom. The monoisotopic (exact) mass is 187 g/mol. The van der Waals surface area contributed by atoms with E-state index in [4.69, 9.17) is 4.42 Å². The number of oxazole rings is 1. The molecule has 1 aromatic heterocycles. The van der Waals surface area contributed by atoms with Crippen LogP contribution in [0.4, 0.5) is 0 Å². The van der Waals surface area contributed by atoms with Crippen LogP contribution in [0.2, 0.25) is 0 Å². The van der Waals surface area contributed by atoms with Crippen LogP contribution in [-0.2, 0) is 0 Å². The van der Waals surface area contributed by atoms with E-state index < -0.39 is 0 Å². The van der Waals surface area contributed by atoms with Crippen LogP contribution in [-0.4, -0.2) is 10.8 Å². The first-order chi connectivity index (χ1) is 6.77. The van der Waals surface area contributed by atoms with Crippen LogP contribution in [0.25, 0.3) is 0 Å². The van der Waals surface area contributed by atoms with Gasteiger partial charge in [0.25, 0.3) is 0 Å². The van der Waals surface area contributed by atoms with E-state index in [1.54, 1.807) is 12.1 Å². The maximum Gasteiger partial charge on any atom is 0.214 e. The summed E-state index contributed by atoms with van der Waals surface area (Å²) in [5, 5.41) is 0. The van der Waals surface area contributed by atoms with Gasteiger partial charge in [0.2, 0.25) is 5.78 Å². The molecule has 2 aromatic rings. The van der Waals surface area contributed by atoms with Crippen molar-refractivity contribution in [3.63, 3.8) is 0 Å². The first-order valence-electron chi connectivity index (χ1n) is 4.27. The van der Waals surface area contributed by atoms with E-state index in [1.165, 1.54) is 12.7 Å². The van der Waals surface area contributed by atoms with Gasteiger partial charge in [-0.3, -0.25) is 4.79 Å². The van der Waals surface area contributed by atoms with Gasteiger partial charge in [0, 0.05) is 5.56 Å². The van der Waals surface area contributed by atoms with Crippen molar-refractivity contribution >= 4 is 5.78 Å². The number of rotatable bonds is 2. The zero-order chi connectivity index (χ0) is 9.97. The molecule has 0 unspecified atom stereocenters. The van der Waals surface area contributed by atoms with Crippen molar-refractivity contribution in [1.82, 2.24) is 4.98 Å². The van der Waals surface area contributed by atoms with Crippen LogP contribution < -0.4 is 0 Å². The number of aryl methyl sites for hydroxylation is 1. The molecule has 2 rings (SSSR count). The second-order valence-electron chi connectivity index (χ2n) is 3.07. The maximum atomic E-state index is 11.7. The summed E-state index contributed by atoms with van der Waals surface area (Å²) < 4.78 is 4.75. The highest BCUT2D eigenvalue weighted by Gasteiger charge is 2.10. The van der Waals surface area contributed by atoms with Gasteiger partial charge in [0.15, 0.2) is 6.39 Å². The molecule has 0 bridgehead atoms. The average Bonchev–Trinajstić information content (AvgIpc) is 2.71. The molecule has 0 aliphatic heterocycles. The number of benzene rings is 1. The lowest BCUT2D eigenvalue weighted by atomic mass is 10.1. The quantitative estimate of drug-likeness (QED) is 0.677. The molecule has 0 atom stereocenters. The van der Waals surface area contributed by atoms with Crippen LogP contribution in [0.3, 0.4) is 0 Å². The predicted molar refractivity (Wildman–Crippen MR) is 51.1 cm³/mol. The third-order valence-corrected chi connectivity index (χ3v) is 1.98. The van der Waals surface area contributed by atoms with E-state index in [0.29, 0.717) is 11.3 Å². The van der Waals surface area contributed by atoms with Crippen LogP contribution in [0, 0.1) is 6.92 Å². The molecule has 0 fully saturated rings. The Labute approximate surface area is 81.4 Å². The highest BCUT2D eigenvalue weighted by molar-refractivity contribution is 6.07. The minimum absolute atomic E-state index is 0.112. The molecule has 0 N–H and O–H groups in total. The fraction of sp³-hybridized carbons (Fsp3) is 0.0909. The molecule has 0 saturated carbocycles. The lowest BCUT2D eigenvalue weighted by molar-refractivity contribution is 0.103. The van der Waals surface area contributed by atoms with Crippen molar-refractivity contribution in [3.05, 3.63) is 53.7 Å². The lowest BCUT2D eigenvalue weighted by Crippen LogP contribution is -2.00. The number of nitrogens with zero attached hydrogens (tertiary/aromatic N) is 1. The maximum absolute atomic E-state index is 11.7. The summed E-state index contributed by atoms with van der Waals surface area (Å²) in [4.78, 5) is 15.5. The van der Waals surface area contributed by atoms with Gasteiger partial charge in [-0.2, -0.15) is 0 Å². The third-order valence-electron chi connectivity index (χ3n) is 1.98. The van der Waals surface area contributed by atoms with E-state index in [1.807, 2.05) is 19.1 Å². The Hall–Kier alpha value is -1.90. The Bertz CT molecular complexity index is 429. The summed E-state index contributed by atoms with van der Waals surface area (Å²) in [6, 6.07) is 7.36. The van der Waals surface area contributed by atoms with Crippen molar-refractivity contribution in [1.29, 1.82) is 0 Å². The zero-order valence-corrected chi connectivity index (χ0v) is 7.73. The fourth-order valence-electron chi connectivity index (χ4n) is 1.18. The smallest absolute Gasteiger partial charge is 0.214 e. The highest BCUT2D eigenvalue weighted by atomic mass is 16.3. The van der Waals surface area contributed by atoms with Gasteiger partial charge in [0.05, 0.1) is 0 Å². The van der Waals surface area contributed by atoms with Crippen molar-refractivity contribution in [2.24, 2.45) is 0 Å². The summed E-state index contributed by atoms with van der Waals surface area (Å²) in [7, 11) is 0. The Balaban J connectivity index is 2.33. The van der Waals surface area contributed by atoms with E-state index in [0.717, 1.165) is 5.56 Å². The van der Waals surface area contributed by atoms with Crippen molar-refractivity contribution in [2.45, 2.75) is 6.92 Å². The number of carbonyl (C=O) groups excluding carboxylic acids is 1. The molecule has 3 nitrogen and oxygen atoms in total. The molecule has 1 aromatic carbocycles. The van der Waals surface area contributed by atoms with Gasteiger partial charge in [-0.05, 0) is 6.92 Å². The summed E-state index contributed by atoms with van der Waals surface area (Å²) in [5.41, 5.74) is 2.10. The SMILES string of the molecule is Cc1ccc(C(=O)c2cocn2)cc1. The van der Waals surface area contributed by atoms with Gasteiger partial charge < -0.3 is 4.42 Å². The van der Waals surface area contributed by atoms with E-state index in [9.17, 15) is 4.79 Å². The molecule has 3 heteroatoms. The fourth-order valence-corrected chi connectivity index (χ4v) is 1.18. The number of ketones is 1. The van der Waals surface area contributed by atoms with E-state index in [-0.39, 0.29) is 5.78 Å². The van der Waals surface area contributed by atoms with Gasteiger partial charge in [0.1, 0.15) is 12.0 Å². The first-order valence-corrected chi connectivity index (χ1v) is 4.27. The van der Waals surface area contributed by atoms with Gasteiger partial charge in [-0.1, -0.05) is 29.8 Å². The normalized spacial score (nSPS) is 10.1. The Kier molecular flexibility index (Phi) is 2.14. The van der Waals surface area contributed by atoms with Gasteiger partial charge in [-0.25, -0.2) is 4.98 Å². The lowest BCUT2D eigenvalue weighted by Gasteiger charge is -1.96. The predicted octanol–water partition coefficient (Wildman–Crippen LogP) is 2.21. The average molecular weight is 187 g/mol. The number of aromatic nitrogens is 1. The topological polar surface area (TPSA) is 43.1 Å².